The fraction of sp³-hybridized carbons (Fsp3) is 0.462. The Kier molecular flexibility index (Phi) is 4.12. The molecule has 0 radical (unpaired) electrons. The van der Waals surface area contributed by atoms with Crippen molar-refractivity contribution < 1.29 is 14.6 Å². The number of carboxylic acids is 1. The van der Waals surface area contributed by atoms with Gasteiger partial charge in [-0.3, -0.25) is 4.79 Å². The minimum atomic E-state index is -0.782. The molecule has 0 amide bonds. The average Bonchev–Trinajstić information content (AvgIpc) is 2.38. The Morgan fingerprint density at radius 3 is 2.88 bits per heavy atom. The molecule has 1 aromatic carbocycles. The molecule has 2 N–H and O–H groups in total. The molecule has 2 rings (SSSR count). The lowest BCUT2D eigenvalue weighted by Crippen LogP contribution is -2.46. The molecule has 4 nitrogen and oxygen atoms in total. The van der Waals surface area contributed by atoms with Crippen molar-refractivity contribution in [1.82, 2.24) is 5.32 Å². The summed E-state index contributed by atoms with van der Waals surface area (Å²) in [6, 6.07) is 9.99. The van der Waals surface area contributed by atoms with E-state index in [0.717, 1.165) is 6.42 Å². The van der Waals surface area contributed by atoms with Gasteiger partial charge in [-0.1, -0.05) is 30.3 Å². The monoisotopic (exact) mass is 235 g/mol. The number of nitrogens with one attached hydrogen (secondary N) is 1. The molecule has 0 saturated carbocycles. The van der Waals surface area contributed by atoms with Gasteiger partial charge in [-0.05, 0) is 12.0 Å². The maximum atomic E-state index is 11.1. The zero-order chi connectivity index (χ0) is 12.1. The van der Waals surface area contributed by atoms with Gasteiger partial charge in [0.15, 0.2) is 0 Å². The number of benzene rings is 1. The third-order valence-electron chi connectivity index (χ3n) is 3.08. The first-order valence-corrected chi connectivity index (χ1v) is 5.85. The zero-order valence-corrected chi connectivity index (χ0v) is 9.63. The summed E-state index contributed by atoms with van der Waals surface area (Å²) in [6.45, 7) is 1.65. The number of hydrogen-bond acceptors (Lipinski definition) is 3. The highest BCUT2D eigenvalue weighted by Crippen LogP contribution is 2.15. The Morgan fingerprint density at radius 2 is 2.18 bits per heavy atom. The van der Waals surface area contributed by atoms with Gasteiger partial charge < -0.3 is 15.2 Å². The maximum absolute atomic E-state index is 11.1. The van der Waals surface area contributed by atoms with Crippen molar-refractivity contribution in [3.8, 4) is 0 Å². The Hall–Kier alpha value is -1.39. The molecule has 1 aromatic rings. The van der Waals surface area contributed by atoms with E-state index in [2.05, 4.69) is 5.32 Å². The lowest BCUT2D eigenvalue weighted by Gasteiger charge is -2.29. The smallest absolute Gasteiger partial charge is 0.310 e. The molecule has 1 aliphatic rings. The van der Waals surface area contributed by atoms with E-state index in [4.69, 9.17) is 9.84 Å². The molecule has 0 aliphatic carbocycles. The Labute approximate surface area is 101 Å². The van der Waals surface area contributed by atoms with Gasteiger partial charge in [0, 0.05) is 19.2 Å². The fourth-order valence-corrected chi connectivity index (χ4v) is 2.07. The molecule has 0 bridgehead atoms. The van der Waals surface area contributed by atoms with Crippen LogP contribution in [-0.2, 0) is 16.1 Å². The number of aliphatic carboxylic acids is 1. The van der Waals surface area contributed by atoms with Crippen molar-refractivity contribution >= 4 is 5.97 Å². The Bertz CT molecular complexity index is 366. The molecule has 0 spiro atoms. The highest BCUT2D eigenvalue weighted by Gasteiger charge is 2.30. The summed E-state index contributed by atoms with van der Waals surface area (Å²) in [5.41, 5.74) is 1.17. The molecule has 92 valence electrons. The van der Waals surface area contributed by atoms with Crippen molar-refractivity contribution in [3.05, 3.63) is 35.9 Å². The summed E-state index contributed by atoms with van der Waals surface area (Å²) < 4.78 is 5.20. The summed E-state index contributed by atoms with van der Waals surface area (Å²) in [5, 5.41) is 12.4. The second-order valence-electron chi connectivity index (χ2n) is 4.28. The average molecular weight is 235 g/mol. The van der Waals surface area contributed by atoms with E-state index >= 15 is 0 Å². The van der Waals surface area contributed by atoms with E-state index in [-0.39, 0.29) is 6.04 Å². The van der Waals surface area contributed by atoms with Gasteiger partial charge in [0.2, 0.25) is 0 Å². The molecule has 1 aliphatic heterocycles. The zero-order valence-electron chi connectivity index (χ0n) is 9.63. The molecule has 1 heterocycles. The minimum absolute atomic E-state index is 0.00135. The van der Waals surface area contributed by atoms with Crippen LogP contribution in [0.3, 0.4) is 0 Å². The second kappa shape index (κ2) is 5.80. The highest BCUT2D eigenvalue weighted by molar-refractivity contribution is 5.71. The SMILES string of the molecule is O=C(O)[C@H]1COCC[C@H]1NCc1ccccc1. The summed E-state index contributed by atoms with van der Waals surface area (Å²) in [6.07, 6.45) is 0.754. The number of carboxylic acid groups (broad SMARTS) is 1. The topological polar surface area (TPSA) is 58.6 Å². The van der Waals surface area contributed by atoms with E-state index in [1.807, 2.05) is 30.3 Å². The van der Waals surface area contributed by atoms with E-state index in [0.29, 0.717) is 19.8 Å². The van der Waals surface area contributed by atoms with Gasteiger partial charge in [0.05, 0.1) is 12.5 Å². The summed E-state index contributed by atoms with van der Waals surface area (Å²) in [5.74, 6) is -1.22. The van der Waals surface area contributed by atoms with Crippen molar-refractivity contribution in [2.75, 3.05) is 13.2 Å². The molecule has 1 saturated heterocycles. The first-order valence-electron chi connectivity index (χ1n) is 5.85. The molecular formula is C13H17NO3. The van der Waals surface area contributed by atoms with Crippen LogP contribution in [0, 0.1) is 5.92 Å². The predicted octanol–water partition coefficient (Wildman–Crippen LogP) is 1.27. The number of rotatable bonds is 4. The van der Waals surface area contributed by atoms with Crippen molar-refractivity contribution in [2.45, 2.75) is 19.0 Å². The van der Waals surface area contributed by atoms with Crippen LogP contribution < -0.4 is 5.32 Å². The maximum Gasteiger partial charge on any atom is 0.310 e. The molecular weight excluding hydrogens is 218 g/mol. The minimum Gasteiger partial charge on any atom is -0.481 e. The van der Waals surface area contributed by atoms with Gasteiger partial charge in [0.1, 0.15) is 0 Å². The van der Waals surface area contributed by atoms with Gasteiger partial charge in [-0.25, -0.2) is 0 Å². The lowest BCUT2D eigenvalue weighted by molar-refractivity contribution is -0.147. The van der Waals surface area contributed by atoms with Gasteiger partial charge in [-0.15, -0.1) is 0 Å². The molecule has 0 unspecified atom stereocenters. The summed E-state index contributed by atoms with van der Waals surface area (Å²) in [7, 11) is 0. The van der Waals surface area contributed by atoms with Gasteiger partial charge in [-0.2, -0.15) is 0 Å². The second-order valence-corrected chi connectivity index (χ2v) is 4.28. The fourth-order valence-electron chi connectivity index (χ4n) is 2.07. The molecule has 17 heavy (non-hydrogen) atoms. The number of ether oxygens (including phenoxy) is 1. The van der Waals surface area contributed by atoms with Crippen molar-refractivity contribution in [3.63, 3.8) is 0 Å². The van der Waals surface area contributed by atoms with Gasteiger partial charge >= 0.3 is 5.97 Å². The summed E-state index contributed by atoms with van der Waals surface area (Å²) >= 11 is 0. The number of carbonyl (C=O) groups is 1. The van der Waals surface area contributed by atoms with E-state index in [1.54, 1.807) is 0 Å². The van der Waals surface area contributed by atoms with Crippen LogP contribution in [-0.4, -0.2) is 30.3 Å². The molecule has 0 aromatic heterocycles. The highest BCUT2D eigenvalue weighted by atomic mass is 16.5. The standard InChI is InChI=1S/C13H17NO3/c15-13(16)11-9-17-7-6-12(11)14-8-10-4-2-1-3-5-10/h1-5,11-12,14H,6-9H2,(H,15,16)/t11-,12+/m0/s1. The first-order chi connectivity index (χ1) is 8.27. The van der Waals surface area contributed by atoms with Crippen LogP contribution in [0.4, 0.5) is 0 Å². The van der Waals surface area contributed by atoms with Crippen LogP contribution in [0.15, 0.2) is 30.3 Å². The Morgan fingerprint density at radius 1 is 1.41 bits per heavy atom. The van der Waals surface area contributed by atoms with Crippen LogP contribution in [0.25, 0.3) is 0 Å². The van der Waals surface area contributed by atoms with Crippen LogP contribution in [0.5, 0.6) is 0 Å². The lowest BCUT2D eigenvalue weighted by atomic mass is 9.95. The van der Waals surface area contributed by atoms with E-state index in [1.165, 1.54) is 5.56 Å². The normalized spacial score (nSPS) is 24.5. The third kappa shape index (κ3) is 3.28. The van der Waals surface area contributed by atoms with E-state index in [9.17, 15) is 4.79 Å². The summed E-state index contributed by atoms with van der Waals surface area (Å²) in [4.78, 5) is 11.1. The first kappa shape index (κ1) is 12.1. The van der Waals surface area contributed by atoms with Crippen LogP contribution in [0.1, 0.15) is 12.0 Å². The molecule has 4 heteroatoms. The van der Waals surface area contributed by atoms with Gasteiger partial charge in [0.25, 0.3) is 0 Å². The molecule has 1 fully saturated rings. The van der Waals surface area contributed by atoms with E-state index < -0.39 is 11.9 Å². The largest absolute Gasteiger partial charge is 0.481 e. The predicted molar refractivity (Wildman–Crippen MR) is 63.6 cm³/mol. The van der Waals surface area contributed by atoms with Crippen LogP contribution in [0.2, 0.25) is 0 Å². The van der Waals surface area contributed by atoms with Crippen LogP contribution >= 0.6 is 0 Å². The molecule has 2 atom stereocenters. The van der Waals surface area contributed by atoms with Crippen molar-refractivity contribution in [1.29, 1.82) is 0 Å². The Balaban J connectivity index is 1.90. The third-order valence-corrected chi connectivity index (χ3v) is 3.08. The number of hydrogen-bond donors (Lipinski definition) is 2. The quantitative estimate of drug-likeness (QED) is 0.825. The van der Waals surface area contributed by atoms with Crippen molar-refractivity contribution in [2.24, 2.45) is 5.92 Å².